The first kappa shape index (κ1) is 17.8. The van der Waals surface area contributed by atoms with E-state index in [0.717, 1.165) is 5.46 Å². The zero-order chi connectivity index (χ0) is 19.5. The molecular formula is C24H22BO2S+. The van der Waals surface area contributed by atoms with Crippen LogP contribution in [0, 0.1) is 6.92 Å². The quantitative estimate of drug-likeness (QED) is 0.319. The summed E-state index contributed by atoms with van der Waals surface area (Å²) in [7, 11) is -0.404. The van der Waals surface area contributed by atoms with Gasteiger partial charge in [-0.2, -0.15) is 0 Å². The zero-order valence-electron chi connectivity index (χ0n) is 16.4. The Labute approximate surface area is 170 Å². The van der Waals surface area contributed by atoms with Gasteiger partial charge in [-0.1, -0.05) is 60.7 Å². The molecule has 5 rings (SSSR count). The van der Waals surface area contributed by atoms with Gasteiger partial charge in [-0.15, -0.1) is 11.3 Å². The Morgan fingerprint density at radius 1 is 0.857 bits per heavy atom. The van der Waals surface area contributed by atoms with Crippen molar-refractivity contribution in [2.45, 2.75) is 32.0 Å². The third kappa shape index (κ3) is 2.67. The second-order valence-electron chi connectivity index (χ2n) is 8.21. The Balaban J connectivity index is 1.61. The monoisotopic (exact) mass is 385 g/mol. The van der Waals surface area contributed by atoms with Crippen LogP contribution in [-0.4, -0.2) is 18.3 Å². The van der Waals surface area contributed by atoms with Crippen molar-refractivity contribution < 1.29 is 9.31 Å². The van der Waals surface area contributed by atoms with Crippen LogP contribution < -0.4 is 5.46 Å². The molecule has 4 heteroatoms. The summed E-state index contributed by atoms with van der Waals surface area (Å²) >= 11 is 1.85. The molecule has 2 heterocycles. The van der Waals surface area contributed by atoms with E-state index < -0.39 is 18.3 Å². The normalized spacial score (nSPS) is 21.6. The van der Waals surface area contributed by atoms with Crippen molar-refractivity contribution in [3.05, 3.63) is 73.7 Å². The molecule has 0 bridgehead atoms. The predicted molar refractivity (Wildman–Crippen MR) is 120 cm³/mol. The largest absolute Gasteiger partial charge is 0.498 e. The maximum Gasteiger partial charge on any atom is 0.498 e. The summed E-state index contributed by atoms with van der Waals surface area (Å²) in [4.78, 5) is 0. The molecule has 28 heavy (non-hydrogen) atoms. The van der Waals surface area contributed by atoms with Crippen molar-refractivity contribution in [1.29, 1.82) is 0 Å². The average Bonchev–Trinajstić information content (AvgIpc) is 3.15. The molecule has 0 aliphatic carbocycles. The van der Waals surface area contributed by atoms with E-state index >= 15 is 0 Å². The molecule has 1 aromatic heterocycles. The standard InChI is InChI=1S/C24H22BO2S/c1-23(2)24(3,4)27-25(26-23)17-10-7-9-16(15-17)18-12-8-13-20-19-11-5-6-14-21(19)28-22(18)20/h5-15H,1H2,2-4H3/q+1. The van der Waals surface area contributed by atoms with E-state index in [1.807, 2.05) is 32.1 Å². The predicted octanol–water partition coefficient (Wildman–Crippen LogP) is 5.83. The van der Waals surface area contributed by atoms with Crippen LogP contribution in [0.1, 0.15) is 20.8 Å². The van der Waals surface area contributed by atoms with Crippen molar-refractivity contribution in [2.75, 3.05) is 0 Å². The van der Waals surface area contributed by atoms with E-state index in [9.17, 15) is 0 Å². The molecule has 0 saturated carbocycles. The van der Waals surface area contributed by atoms with E-state index in [4.69, 9.17) is 9.31 Å². The minimum absolute atomic E-state index is 0.404. The van der Waals surface area contributed by atoms with E-state index in [2.05, 4.69) is 73.7 Å². The molecule has 0 amide bonds. The van der Waals surface area contributed by atoms with Gasteiger partial charge in [0.25, 0.3) is 0 Å². The fourth-order valence-electron chi connectivity index (χ4n) is 3.76. The van der Waals surface area contributed by atoms with Crippen molar-refractivity contribution >= 4 is 44.1 Å². The van der Waals surface area contributed by atoms with Gasteiger partial charge in [0.1, 0.15) is 5.60 Å². The summed E-state index contributed by atoms with van der Waals surface area (Å²) in [5.41, 5.74) is 2.42. The lowest BCUT2D eigenvalue weighted by Gasteiger charge is -2.25. The Morgan fingerprint density at radius 3 is 2.39 bits per heavy atom. The Hall–Kier alpha value is -2.27. The van der Waals surface area contributed by atoms with Crippen molar-refractivity contribution in [2.24, 2.45) is 0 Å². The van der Waals surface area contributed by atoms with Crippen LogP contribution in [-0.2, 0) is 9.31 Å². The average molecular weight is 385 g/mol. The Bertz CT molecular complexity index is 1180. The van der Waals surface area contributed by atoms with Crippen LogP contribution in [0.4, 0.5) is 0 Å². The van der Waals surface area contributed by atoms with Crippen LogP contribution in [0.5, 0.6) is 0 Å². The molecule has 3 aromatic carbocycles. The van der Waals surface area contributed by atoms with Gasteiger partial charge in [-0.25, -0.2) is 0 Å². The van der Waals surface area contributed by atoms with Gasteiger partial charge >= 0.3 is 7.12 Å². The maximum absolute atomic E-state index is 6.19. The number of thiophene rings is 1. The van der Waals surface area contributed by atoms with Crippen LogP contribution in [0.3, 0.4) is 0 Å². The summed E-state index contributed by atoms with van der Waals surface area (Å²) < 4.78 is 15.0. The molecule has 0 radical (unpaired) electrons. The number of hydrogen-bond donors (Lipinski definition) is 0. The molecule has 1 unspecified atom stereocenters. The highest BCUT2D eigenvalue weighted by atomic mass is 32.1. The van der Waals surface area contributed by atoms with Gasteiger partial charge in [-0.05, 0) is 36.5 Å². The van der Waals surface area contributed by atoms with Crippen molar-refractivity contribution in [3.8, 4) is 11.1 Å². The van der Waals surface area contributed by atoms with Crippen LogP contribution in [0.15, 0.2) is 66.7 Å². The molecule has 1 aliphatic rings. The van der Waals surface area contributed by atoms with Gasteiger partial charge in [0.05, 0.1) is 6.92 Å². The highest BCUT2D eigenvalue weighted by Gasteiger charge is 2.57. The number of benzene rings is 3. The summed E-state index contributed by atoms with van der Waals surface area (Å²) in [6.07, 6.45) is 0. The molecule has 4 aromatic rings. The van der Waals surface area contributed by atoms with Crippen LogP contribution in [0.25, 0.3) is 31.3 Å². The molecule has 1 aliphatic heterocycles. The second kappa shape index (κ2) is 6.12. The van der Waals surface area contributed by atoms with Crippen molar-refractivity contribution in [1.82, 2.24) is 0 Å². The highest BCUT2D eigenvalue weighted by Crippen LogP contribution is 2.40. The van der Waals surface area contributed by atoms with Gasteiger partial charge in [-0.3, -0.25) is 0 Å². The first-order valence-electron chi connectivity index (χ1n) is 9.57. The summed E-state index contributed by atoms with van der Waals surface area (Å²) in [5.74, 6) is 0. The van der Waals surface area contributed by atoms with E-state index in [1.54, 1.807) is 0 Å². The maximum atomic E-state index is 6.19. The molecule has 0 N–H and O–H groups in total. The van der Waals surface area contributed by atoms with E-state index in [1.165, 1.54) is 31.3 Å². The summed E-state index contributed by atoms with van der Waals surface area (Å²) in [6, 6.07) is 23.6. The van der Waals surface area contributed by atoms with Gasteiger partial charge in [0.2, 0.25) is 5.60 Å². The first-order valence-corrected chi connectivity index (χ1v) is 10.4. The number of rotatable bonds is 2. The highest BCUT2D eigenvalue weighted by molar-refractivity contribution is 7.26. The van der Waals surface area contributed by atoms with Crippen molar-refractivity contribution in [3.63, 3.8) is 0 Å². The van der Waals surface area contributed by atoms with E-state index in [0.29, 0.717) is 0 Å². The SMILES string of the molecule is [CH2+]C1(C)OB(c2cccc(-c3cccc4c3sc3ccccc34)c2)OC1(C)C. The second-order valence-corrected chi connectivity index (χ2v) is 9.27. The van der Waals surface area contributed by atoms with Gasteiger partial charge in [0, 0.05) is 27.1 Å². The fourth-order valence-corrected chi connectivity index (χ4v) is 5.00. The van der Waals surface area contributed by atoms with Crippen LogP contribution in [0.2, 0.25) is 0 Å². The lowest BCUT2D eigenvalue weighted by Crippen LogP contribution is -2.42. The first-order chi connectivity index (χ1) is 13.4. The topological polar surface area (TPSA) is 18.5 Å². The zero-order valence-corrected chi connectivity index (χ0v) is 17.2. The molecule has 138 valence electrons. The smallest absolute Gasteiger partial charge is 0.395 e. The molecule has 0 spiro atoms. The number of hydrogen-bond acceptors (Lipinski definition) is 3. The summed E-state index contributed by atoms with van der Waals surface area (Å²) in [6.45, 7) is 10.2. The lowest BCUT2D eigenvalue weighted by molar-refractivity contribution is 0.0262. The summed E-state index contributed by atoms with van der Waals surface area (Å²) in [5, 5.41) is 2.63. The van der Waals surface area contributed by atoms with E-state index in [-0.39, 0.29) is 0 Å². The fraction of sp³-hybridized carbons (Fsp3) is 0.208. The Kier molecular flexibility index (Phi) is 3.89. The molecule has 2 nitrogen and oxygen atoms in total. The third-order valence-electron chi connectivity index (χ3n) is 5.92. The van der Waals surface area contributed by atoms with Gasteiger partial charge < -0.3 is 9.31 Å². The lowest BCUT2D eigenvalue weighted by atomic mass is 9.78. The molecular weight excluding hydrogens is 363 g/mol. The molecule has 1 saturated heterocycles. The number of fused-ring (bicyclic) bond motifs is 3. The minimum Gasteiger partial charge on any atom is -0.395 e. The van der Waals surface area contributed by atoms with Crippen LogP contribution >= 0.6 is 11.3 Å². The Morgan fingerprint density at radius 2 is 1.61 bits per heavy atom. The third-order valence-corrected chi connectivity index (χ3v) is 7.14. The molecule has 1 atom stereocenters. The molecule has 1 fully saturated rings. The van der Waals surface area contributed by atoms with Gasteiger partial charge in [0.15, 0.2) is 0 Å². The minimum atomic E-state index is -0.584.